The zero-order valence-corrected chi connectivity index (χ0v) is 20.1. The van der Waals surface area contributed by atoms with Crippen molar-refractivity contribution in [1.82, 2.24) is 29.9 Å². The van der Waals surface area contributed by atoms with E-state index >= 15 is 0 Å². The number of nitrogens with zero attached hydrogens (tertiary/aromatic N) is 5. The van der Waals surface area contributed by atoms with Gasteiger partial charge in [0.15, 0.2) is 17.4 Å². The molecular weight excluding hydrogens is 521 g/mol. The minimum absolute atomic E-state index is 0.124. The van der Waals surface area contributed by atoms with Crippen LogP contribution in [0.5, 0.6) is 5.75 Å². The highest BCUT2D eigenvalue weighted by atomic mass is 35.5. The van der Waals surface area contributed by atoms with Gasteiger partial charge in [-0.15, -0.1) is 29.9 Å². The van der Waals surface area contributed by atoms with Crippen molar-refractivity contribution in [3.8, 4) is 11.4 Å². The predicted molar refractivity (Wildman–Crippen MR) is 125 cm³/mol. The van der Waals surface area contributed by atoms with Crippen LogP contribution < -0.4 is 10.1 Å². The van der Waals surface area contributed by atoms with Gasteiger partial charge in [-0.2, -0.15) is 10.1 Å². The lowest BCUT2D eigenvalue weighted by Crippen LogP contribution is -2.18. The first-order valence-electron chi connectivity index (χ1n) is 11.1. The zero-order valence-electron chi connectivity index (χ0n) is 19.4. The number of benzene rings is 2. The molecule has 8 nitrogen and oxygen atoms in total. The van der Waals surface area contributed by atoms with Crippen molar-refractivity contribution in [2.75, 3.05) is 11.2 Å². The van der Waals surface area contributed by atoms with Crippen molar-refractivity contribution in [1.29, 1.82) is 0 Å². The Balaban J connectivity index is 1.55. The molecule has 2 heterocycles. The van der Waals surface area contributed by atoms with Crippen molar-refractivity contribution in [2.24, 2.45) is 0 Å². The van der Waals surface area contributed by atoms with E-state index < -0.39 is 29.7 Å². The quantitative estimate of drug-likeness (QED) is 0.142. The number of anilines is 2. The minimum atomic E-state index is -5.01. The van der Waals surface area contributed by atoms with Crippen LogP contribution in [0.4, 0.5) is 33.6 Å². The van der Waals surface area contributed by atoms with E-state index in [1.807, 2.05) is 0 Å². The molecule has 1 atom stereocenters. The number of halogens is 6. The lowest BCUT2D eigenvalue weighted by Gasteiger charge is -2.16. The maximum absolute atomic E-state index is 14.7. The van der Waals surface area contributed by atoms with Crippen LogP contribution in [0, 0.1) is 18.6 Å². The van der Waals surface area contributed by atoms with Crippen LogP contribution in [-0.2, 0) is 0 Å². The summed E-state index contributed by atoms with van der Waals surface area (Å²) >= 11 is 5.78. The summed E-state index contributed by atoms with van der Waals surface area (Å²) in [7, 11) is 0. The fourth-order valence-corrected chi connectivity index (χ4v) is 3.94. The van der Waals surface area contributed by atoms with Gasteiger partial charge in [0.2, 0.25) is 5.95 Å². The number of hydrogen-bond donors (Lipinski definition) is 2. The summed E-state index contributed by atoms with van der Waals surface area (Å²) in [6, 6.07) is 7.62. The van der Waals surface area contributed by atoms with Crippen LogP contribution in [0.15, 0.2) is 42.7 Å². The van der Waals surface area contributed by atoms with Gasteiger partial charge in [0.25, 0.3) is 0 Å². The van der Waals surface area contributed by atoms with E-state index in [9.17, 15) is 22.0 Å². The summed E-state index contributed by atoms with van der Waals surface area (Å²) in [5.74, 6) is -1.75. The normalized spacial score (nSPS) is 12.5. The molecule has 2 aromatic heterocycles. The number of hydrogen-bond acceptors (Lipinski definition) is 6. The van der Waals surface area contributed by atoms with E-state index in [0.29, 0.717) is 48.0 Å². The Bertz CT molecular complexity index is 1360. The van der Waals surface area contributed by atoms with Gasteiger partial charge in [0, 0.05) is 17.5 Å². The largest absolute Gasteiger partial charge is 0.573 e. The molecule has 0 saturated carbocycles. The lowest BCUT2D eigenvalue weighted by atomic mass is 9.92. The van der Waals surface area contributed by atoms with Crippen molar-refractivity contribution >= 4 is 23.2 Å². The maximum Gasteiger partial charge on any atom is 0.573 e. The molecule has 4 rings (SSSR count). The Morgan fingerprint density at radius 1 is 1.11 bits per heavy atom. The van der Waals surface area contributed by atoms with Gasteiger partial charge in [0.05, 0.1) is 0 Å². The number of alkyl halides is 4. The number of nitrogens with one attached hydrogen (secondary N) is 2. The number of aryl methyl sites for hydroxylation is 1. The molecule has 4 aromatic rings. The van der Waals surface area contributed by atoms with Gasteiger partial charge in [-0.3, -0.25) is 5.10 Å². The zero-order chi connectivity index (χ0) is 26.6. The van der Waals surface area contributed by atoms with E-state index in [0.717, 1.165) is 12.1 Å². The average molecular weight is 542 g/mol. The molecule has 0 aliphatic heterocycles. The van der Waals surface area contributed by atoms with Gasteiger partial charge < -0.3 is 10.1 Å². The van der Waals surface area contributed by atoms with Crippen LogP contribution in [0.3, 0.4) is 0 Å². The number of aromatic nitrogens is 6. The Morgan fingerprint density at radius 2 is 1.92 bits per heavy atom. The molecule has 1 unspecified atom stereocenters. The smallest absolute Gasteiger partial charge is 0.403 e. The van der Waals surface area contributed by atoms with E-state index in [1.54, 1.807) is 13.0 Å². The standard InChI is InChI=1S/C23H21ClF5N7O/c1-13-30-12-31-36(13)19-7-6-15(11-17(19)25)32-22-33-21(34-35-22)16(4-2-3-9-24)14-5-8-20(18(26)10-14)37-23(27,28)29/h5-8,10-12,16H,2-4,9H2,1H3,(H2,32,33,34,35). The second-order valence-electron chi connectivity index (χ2n) is 8.03. The Morgan fingerprint density at radius 3 is 2.57 bits per heavy atom. The van der Waals surface area contributed by atoms with Gasteiger partial charge in [-0.05, 0) is 55.7 Å². The molecule has 0 spiro atoms. The number of ether oxygens (including phenoxy) is 1. The molecular formula is C23H21ClF5N7O. The summed E-state index contributed by atoms with van der Waals surface area (Å²) in [6.07, 6.45) is -1.90. The van der Waals surface area contributed by atoms with Crippen molar-refractivity contribution in [3.05, 3.63) is 71.6 Å². The van der Waals surface area contributed by atoms with Crippen molar-refractivity contribution in [2.45, 2.75) is 38.5 Å². The summed E-state index contributed by atoms with van der Waals surface area (Å²) in [6.45, 7) is 1.69. The molecule has 37 heavy (non-hydrogen) atoms. The molecule has 2 aromatic carbocycles. The summed E-state index contributed by atoms with van der Waals surface area (Å²) in [4.78, 5) is 8.37. The van der Waals surface area contributed by atoms with Gasteiger partial charge in [-0.25, -0.2) is 18.4 Å². The number of H-pyrrole nitrogens is 1. The van der Waals surface area contributed by atoms with E-state index in [-0.39, 0.29) is 11.6 Å². The van der Waals surface area contributed by atoms with Crippen LogP contribution >= 0.6 is 11.6 Å². The SMILES string of the molecule is Cc1ncnn1-c1ccc(Nc2n[nH]c(C(CCCCCl)c3ccc(OC(F)(F)F)c(F)c3)n2)cc1F. The van der Waals surface area contributed by atoms with E-state index in [2.05, 4.69) is 35.3 Å². The van der Waals surface area contributed by atoms with E-state index in [4.69, 9.17) is 11.6 Å². The van der Waals surface area contributed by atoms with Gasteiger partial charge >= 0.3 is 6.36 Å². The van der Waals surface area contributed by atoms with Crippen molar-refractivity contribution in [3.63, 3.8) is 0 Å². The highest BCUT2D eigenvalue weighted by Gasteiger charge is 2.32. The summed E-state index contributed by atoms with van der Waals surface area (Å²) < 4.78 is 71.7. The average Bonchev–Trinajstić information content (AvgIpc) is 3.46. The number of unbranched alkanes of at least 4 members (excludes halogenated alkanes) is 1. The Labute approximate surface area is 212 Å². The van der Waals surface area contributed by atoms with Gasteiger partial charge in [-0.1, -0.05) is 12.5 Å². The fourth-order valence-electron chi connectivity index (χ4n) is 3.75. The molecule has 0 aliphatic carbocycles. The second-order valence-corrected chi connectivity index (χ2v) is 8.41. The summed E-state index contributed by atoms with van der Waals surface area (Å²) in [5.41, 5.74) is 0.960. The minimum Gasteiger partial charge on any atom is -0.403 e. The monoisotopic (exact) mass is 541 g/mol. The maximum atomic E-state index is 14.7. The topological polar surface area (TPSA) is 93.5 Å². The third-order valence-electron chi connectivity index (χ3n) is 5.44. The Hall–Kier alpha value is -3.74. The van der Waals surface area contributed by atoms with Crippen molar-refractivity contribution < 1.29 is 26.7 Å². The molecule has 2 N–H and O–H groups in total. The highest BCUT2D eigenvalue weighted by Crippen LogP contribution is 2.33. The van der Waals surface area contributed by atoms with E-state index in [1.165, 1.54) is 29.2 Å². The molecule has 0 radical (unpaired) electrons. The third-order valence-corrected chi connectivity index (χ3v) is 5.71. The predicted octanol–water partition coefficient (Wildman–Crippen LogP) is 6.16. The third kappa shape index (κ3) is 6.53. The first-order valence-corrected chi connectivity index (χ1v) is 11.6. The number of rotatable bonds is 10. The fraction of sp³-hybridized carbons (Fsp3) is 0.304. The van der Waals surface area contributed by atoms with Crippen LogP contribution in [0.1, 0.15) is 42.4 Å². The van der Waals surface area contributed by atoms with Crippen LogP contribution in [0.25, 0.3) is 5.69 Å². The number of aromatic amines is 1. The summed E-state index contributed by atoms with van der Waals surface area (Å²) in [5, 5.41) is 13.8. The first-order chi connectivity index (χ1) is 17.6. The second kappa shape index (κ2) is 11.1. The molecule has 0 fully saturated rings. The molecule has 196 valence electrons. The highest BCUT2D eigenvalue weighted by molar-refractivity contribution is 6.17. The molecule has 0 aliphatic rings. The molecule has 14 heteroatoms. The lowest BCUT2D eigenvalue weighted by molar-refractivity contribution is -0.275. The molecule has 0 saturated heterocycles. The molecule has 0 amide bonds. The van der Waals surface area contributed by atoms with Crippen LogP contribution in [-0.4, -0.2) is 42.2 Å². The molecule has 0 bridgehead atoms. The first kappa shape index (κ1) is 26.3. The Kier molecular flexibility index (Phi) is 7.91. The van der Waals surface area contributed by atoms with Gasteiger partial charge in [0.1, 0.15) is 23.7 Å². The van der Waals surface area contributed by atoms with Crippen LogP contribution in [0.2, 0.25) is 0 Å².